The minimum atomic E-state index is 0.944. The van der Waals surface area contributed by atoms with E-state index in [0.717, 1.165) is 77.6 Å². The van der Waals surface area contributed by atoms with Crippen LogP contribution in [0.2, 0.25) is 0 Å². The molecule has 22 heavy (non-hydrogen) atoms. The lowest BCUT2D eigenvalue weighted by atomic mass is 10.0. The summed E-state index contributed by atoms with van der Waals surface area (Å²) in [7, 11) is 0. The van der Waals surface area contributed by atoms with Crippen LogP contribution in [0.15, 0.2) is 18.8 Å². The minimum absolute atomic E-state index is 0.944. The first-order chi connectivity index (χ1) is 10.7. The van der Waals surface area contributed by atoms with Crippen molar-refractivity contribution in [3.05, 3.63) is 20.1 Å². The molecule has 4 rings (SSSR count). The van der Waals surface area contributed by atoms with Gasteiger partial charge in [-0.25, -0.2) is 4.99 Å². The smallest absolute Gasteiger partial charge is 0.202 e. The summed E-state index contributed by atoms with van der Waals surface area (Å²) in [4.78, 5) is 10.8. The number of hydrogen-bond donors (Lipinski definition) is 2. The van der Waals surface area contributed by atoms with Crippen LogP contribution < -0.4 is 5.32 Å². The van der Waals surface area contributed by atoms with Crippen LogP contribution >= 0.6 is 44.5 Å². The second-order valence-corrected chi connectivity index (χ2v) is 7.99. The third-order valence-electron chi connectivity index (χ3n) is 4.64. The molecule has 0 aromatic heterocycles. The lowest BCUT2D eigenvalue weighted by Crippen LogP contribution is -2.52. The minimum Gasteiger partial charge on any atom is -0.340 e. The van der Waals surface area contributed by atoms with Gasteiger partial charge in [0.05, 0.1) is 5.69 Å². The summed E-state index contributed by atoms with van der Waals surface area (Å²) in [6, 6.07) is 0. The number of aliphatic imine (C=N–C) groups is 1. The van der Waals surface area contributed by atoms with Crippen molar-refractivity contribution in [2.75, 3.05) is 32.7 Å². The summed E-state index contributed by atoms with van der Waals surface area (Å²) in [5.74, 6) is 1.13. The van der Waals surface area contributed by atoms with Crippen LogP contribution in [0.3, 0.4) is 0 Å². The molecule has 118 valence electrons. The number of nitrogens with zero attached hydrogens (tertiary/aromatic N) is 3. The number of benzene rings is 1. The van der Waals surface area contributed by atoms with Crippen LogP contribution in [-0.2, 0) is 13.0 Å². The molecule has 3 heterocycles. The average molecular weight is 446 g/mol. The number of nitrogens with one attached hydrogen (secondary N) is 1. The van der Waals surface area contributed by atoms with E-state index in [4.69, 9.17) is 17.6 Å². The molecule has 3 aliphatic heterocycles. The van der Waals surface area contributed by atoms with E-state index >= 15 is 0 Å². The van der Waals surface area contributed by atoms with Gasteiger partial charge in [-0.15, -0.1) is 12.6 Å². The standard InChI is InChI=1S/C15H18Br2N4S/c16-11-9-2-1-5-21-8-10(9)13(14(22)12(11)17)19-15(21)20-6-3-18-4-7-20/h18,22H,1-8H2. The molecule has 0 atom stereocenters. The van der Waals surface area contributed by atoms with E-state index in [1.54, 1.807) is 0 Å². The molecule has 1 saturated heterocycles. The third-order valence-corrected chi connectivity index (χ3v) is 7.58. The fourth-order valence-corrected chi connectivity index (χ4v) is 5.02. The normalized spacial score (nSPS) is 20.8. The van der Waals surface area contributed by atoms with E-state index in [9.17, 15) is 0 Å². The maximum Gasteiger partial charge on any atom is 0.202 e. The zero-order valence-corrected chi connectivity index (χ0v) is 16.3. The van der Waals surface area contributed by atoms with Crippen molar-refractivity contribution in [2.45, 2.75) is 24.3 Å². The summed E-state index contributed by atoms with van der Waals surface area (Å²) in [5, 5.41) is 3.41. The Balaban J connectivity index is 1.86. The summed E-state index contributed by atoms with van der Waals surface area (Å²) in [6.45, 7) is 6.13. The quantitative estimate of drug-likeness (QED) is 0.601. The largest absolute Gasteiger partial charge is 0.340 e. The Morgan fingerprint density at radius 2 is 1.77 bits per heavy atom. The van der Waals surface area contributed by atoms with E-state index < -0.39 is 0 Å². The number of hydrogen-bond acceptors (Lipinski definition) is 5. The lowest BCUT2D eigenvalue weighted by molar-refractivity contribution is 0.284. The molecule has 7 heteroatoms. The van der Waals surface area contributed by atoms with Crippen LogP contribution in [0.5, 0.6) is 0 Å². The highest BCUT2D eigenvalue weighted by Gasteiger charge is 2.31. The summed E-state index contributed by atoms with van der Waals surface area (Å²) in [6.07, 6.45) is 2.25. The molecule has 1 N–H and O–H groups in total. The van der Waals surface area contributed by atoms with Gasteiger partial charge in [-0.1, -0.05) is 0 Å². The molecule has 0 spiro atoms. The molecular formula is C15H18Br2N4S. The van der Waals surface area contributed by atoms with Crippen LogP contribution in [-0.4, -0.2) is 48.5 Å². The zero-order valence-electron chi connectivity index (χ0n) is 12.2. The Morgan fingerprint density at radius 3 is 2.55 bits per heavy atom. The number of halogens is 2. The molecule has 1 aromatic carbocycles. The first kappa shape index (κ1) is 15.3. The Kier molecular flexibility index (Phi) is 4.17. The second kappa shape index (κ2) is 6.00. The van der Waals surface area contributed by atoms with E-state index in [1.165, 1.54) is 11.1 Å². The van der Waals surface area contributed by atoms with Crippen molar-refractivity contribution in [1.82, 2.24) is 15.1 Å². The van der Waals surface area contributed by atoms with E-state index in [1.807, 2.05) is 0 Å². The van der Waals surface area contributed by atoms with Gasteiger partial charge < -0.3 is 15.1 Å². The van der Waals surface area contributed by atoms with Gasteiger partial charge in [0.2, 0.25) is 5.96 Å². The van der Waals surface area contributed by atoms with Crippen molar-refractivity contribution in [3.63, 3.8) is 0 Å². The van der Waals surface area contributed by atoms with E-state index in [0.29, 0.717) is 0 Å². The van der Waals surface area contributed by atoms with Gasteiger partial charge in [-0.2, -0.15) is 0 Å². The van der Waals surface area contributed by atoms with Crippen LogP contribution in [0, 0.1) is 0 Å². The Bertz CT molecular complexity index is 656. The fourth-order valence-electron chi connectivity index (χ4n) is 3.50. The molecule has 0 saturated carbocycles. The van der Waals surface area contributed by atoms with Crippen LogP contribution in [0.1, 0.15) is 17.5 Å². The van der Waals surface area contributed by atoms with Crippen molar-refractivity contribution in [1.29, 1.82) is 0 Å². The third kappa shape index (κ3) is 2.41. The Hall–Kier alpha value is -0.240. The van der Waals surface area contributed by atoms with Crippen molar-refractivity contribution in [2.24, 2.45) is 4.99 Å². The number of piperazine rings is 1. The van der Waals surface area contributed by atoms with Gasteiger partial charge in [0.15, 0.2) is 0 Å². The van der Waals surface area contributed by atoms with Crippen molar-refractivity contribution >= 4 is 56.1 Å². The summed E-state index contributed by atoms with van der Waals surface area (Å²) >= 11 is 12.1. The fraction of sp³-hybridized carbons (Fsp3) is 0.533. The summed E-state index contributed by atoms with van der Waals surface area (Å²) < 4.78 is 2.18. The Labute approximate surface area is 153 Å². The number of thiol groups is 1. The molecule has 1 aromatic rings. The zero-order chi connectivity index (χ0) is 15.3. The molecular weight excluding hydrogens is 428 g/mol. The van der Waals surface area contributed by atoms with Gasteiger partial charge in [0.1, 0.15) is 0 Å². The van der Waals surface area contributed by atoms with Gasteiger partial charge in [0, 0.05) is 58.7 Å². The molecule has 1 fully saturated rings. The highest BCUT2D eigenvalue weighted by Crippen LogP contribution is 2.46. The maximum atomic E-state index is 5.04. The molecule has 0 aliphatic carbocycles. The van der Waals surface area contributed by atoms with Gasteiger partial charge in [-0.05, 0) is 50.3 Å². The van der Waals surface area contributed by atoms with Crippen LogP contribution in [0.4, 0.5) is 5.69 Å². The first-order valence-corrected chi connectivity index (χ1v) is 9.71. The number of fused-ring (bicyclic) bond motifs is 1. The van der Waals surface area contributed by atoms with Crippen molar-refractivity contribution < 1.29 is 0 Å². The Morgan fingerprint density at radius 1 is 1.00 bits per heavy atom. The predicted molar refractivity (Wildman–Crippen MR) is 99.4 cm³/mol. The summed E-state index contributed by atoms with van der Waals surface area (Å²) in [5.41, 5.74) is 3.79. The topological polar surface area (TPSA) is 30.9 Å². The molecule has 4 nitrogen and oxygen atoms in total. The average Bonchev–Trinajstić information content (AvgIpc) is 2.74. The maximum absolute atomic E-state index is 5.04. The van der Waals surface area contributed by atoms with Gasteiger partial charge >= 0.3 is 0 Å². The molecule has 0 amide bonds. The van der Waals surface area contributed by atoms with Crippen LogP contribution in [0.25, 0.3) is 0 Å². The molecule has 0 radical (unpaired) electrons. The SMILES string of the molecule is Sc1c(Br)c(Br)c2c3c1N=C(N1CCNCC1)N(CCC2)C3. The number of rotatable bonds is 0. The van der Waals surface area contributed by atoms with Gasteiger partial charge in [0.25, 0.3) is 0 Å². The molecule has 2 bridgehead atoms. The molecule has 0 unspecified atom stereocenters. The first-order valence-electron chi connectivity index (χ1n) is 7.68. The van der Waals surface area contributed by atoms with Gasteiger partial charge in [-0.3, -0.25) is 0 Å². The van der Waals surface area contributed by atoms with Crippen molar-refractivity contribution in [3.8, 4) is 0 Å². The predicted octanol–water partition coefficient (Wildman–Crippen LogP) is 3.15. The van der Waals surface area contributed by atoms with E-state index in [2.05, 4.69) is 47.0 Å². The lowest BCUT2D eigenvalue weighted by Gasteiger charge is -2.39. The highest BCUT2D eigenvalue weighted by atomic mass is 79.9. The second-order valence-electron chi connectivity index (χ2n) is 5.96. The molecule has 3 aliphatic rings. The number of guanidine groups is 1. The highest BCUT2D eigenvalue weighted by molar-refractivity contribution is 9.13. The van der Waals surface area contributed by atoms with E-state index in [-0.39, 0.29) is 0 Å². The monoisotopic (exact) mass is 444 g/mol.